The Morgan fingerprint density at radius 1 is 2.00 bits per heavy atom. The SMILES string of the molecule is CNC(=O)C1=CSCN1. The Labute approximate surface area is 57.9 Å². The summed E-state index contributed by atoms with van der Waals surface area (Å²) in [7, 11) is 1.62. The first-order chi connectivity index (χ1) is 4.34. The van der Waals surface area contributed by atoms with E-state index in [1.54, 1.807) is 18.8 Å². The van der Waals surface area contributed by atoms with Crippen LogP contribution in [0.5, 0.6) is 0 Å². The van der Waals surface area contributed by atoms with Crippen LogP contribution in [0, 0.1) is 0 Å². The molecule has 0 aromatic heterocycles. The molecule has 0 atom stereocenters. The van der Waals surface area contributed by atoms with Crippen LogP contribution in [0.25, 0.3) is 0 Å². The van der Waals surface area contributed by atoms with Crippen molar-refractivity contribution in [2.75, 3.05) is 12.9 Å². The number of amides is 1. The molecule has 0 saturated carbocycles. The van der Waals surface area contributed by atoms with Crippen LogP contribution in [0.2, 0.25) is 0 Å². The second-order valence-corrected chi connectivity index (χ2v) is 2.46. The van der Waals surface area contributed by atoms with Gasteiger partial charge in [0.15, 0.2) is 0 Å². The van der Waals surface area contributed by atoms with E-state index in [0.29, 0.717) is 5.70 Å². The fraction of sp³-hybridized carbons (Fsp3) is 0.400. The molecule has 3 nitrogen and oxygen atoms in total. The lowest BCUT2D eigenvalue weighted by atomic mass is 10.5. The van der Waals surface area contributed by atoms with Crippen molar-refractivity contribution in [2.24, 2.45) is 0 Å². The Morgan fingerprint density at radius 2 is 2.78 bits per heavy atom. The number of carbonyl (C=O) groups is 1. The van der Waals surface area contributed by atoms with Crippen LogP contribution in [0.4, 0.5) is 0 Å². The smallest absolute Gasteiger partial charge is 0.267 e. The highest BCUT2D eigenvalue weighted by Crippen LogP contribution is 2.11. The average molecular weight is 144 g/mol. The van der Waals surface area contributed by atoms with E-state index >= 15 is 0 Å². The van der Waals surface area contributed by atoms with Crippen LogP contribution in [0.1, 0.15) is 0 Å². The molecular formula is C5H8N2OS. The molecule has 1 rings (SSSR count). The van der Waals surface area contributed by atoms with E-state index in [0.717, 1.165) is 5.88 Å². The monoisotopic (exact) mass is 144 g/mol. The van der Waals surface area contributed by atoms with Crippen molar-refractivity contribution in [3.05, 3.63) is 11.1 Å². The lowest BCUT2D eigenvalue weighted by Crippen LogP contribution is -2.26. The summed E-state index contributed by atoms with van der Waals surface area (Å²) in [5.74, 6) is 0.767. The molecule has 0 fully saturated rings. The van der Waals surface area contributed by atoms with Gasteiger partial charge in [-0.2, -0.15) is 0 Å². The number of hydrogen-bond acceptors (Lipinski definition) is 3. The predicted octanol–water partition coefficient (Wildman–Crippen LogP) is -0.132. The van der Waals surface area contributed by atoms with Crippen molar-refractivity contribution in [1.82, 2.24) is 10.6 Å². The third-order valence-corrected chi connectivity index (χ3v) is 1.73. The van der Waals surface area contributed by atoms with Gasteiger partial charge in [-0.05, 0) is 0 Å². The summed E-state index contributed by atoms with van der Waals surface area (Å²) in [6, 6.07) is 0. The van der Waals surface area contributed by atoms with Gasteiger partial charge in [-0.25, -0.2) is 0 Å². The quantitative estimate of drug-likeness (QED) is 0.538. The maximum absolute atomic E-state index is 10.8. The Bertz CT molecular complexity index is 155. The Hall–Kier alpha value is -0.640. The molecule has 2 N–H and O–H groups in total. The second-order valence-electron chi connectivity index (χ2n) is 1.60. The van der Waals surface area contributed by atoms with Crippen molar-refractivity contribution in [1.29, 1.82) is 0 Å². The third kappa shape index (κ3) is 1.38. The van der Waals surface area contributed by atoms with Crippen LogP contribution in [-0.4, -0.2) is 18.8 Å². The fourth-order valence-corrected chi connectivity index (χ4v) is 1.23. The standard InChI is InChI=1S/C5H8N2OS/c1-6-5(8)4-2-9-3-7-4/h2,7H,3H2,1H3,(H,6,8). The van der Waals surface area contributed by atoms with Gasteiger partial charge in [0, 0.05) is 12.5 Å². The zero-order valence-electron chi connectivity index (χ0n) is 5.10. The first kappa shape index (κ1) is 6.48. The number of hydrogen-bond donors (Lipinski definition) is 2. The molecule has 0 aliphatic carbocycles. The van der Waals surface area contributed by atoms with Crippen molar-refractivity contribution >= 4 is 17.7 Å². The van der Waals surface area contributed by atoms with E-state index in [1.165, 1.54) is 0 Å². The summed E-state index contributed by atoms with van der Waals surface area (Å²) < 4.78 is 0. The molecule has 0 saturated heterocycles. The van der Waals surface area contributed by atoms with Crippen LogP contribution in [-0.2, 0) is 4.79 Å². The zero-order valence-corrected chi connectivity index (χ0v) is 5.92. The summed E-state index contributed by atoms with van der Waals surface area (Å²) in [5, 5.41) is 7.26. The first-order valence-electron chi connectivity index (χ1n) is 2.62. The molecule has 0 aromatic rings. The molecule has 50 valence electrons. The van der Waals surface area contributed by atoms with Gasteiger partial charge in [0.2, 0.25) is 0 Å². The van der Waals surface area contributed by atoms with Gasteiger partial charge in [0.1, 0.15) is 5.70 Å². The lowest BCUT2D eigenvalue weighted by molar-refractivity contribution is -0.117. The number of likely N-dealkylation sites (N-methyl/N-ethyl adjacent to an activating group) is 1. The van der Waals surface area contributed by atoms with Gasteiger partial charge in [-0.3, -0.25) is 4.79 Å². The summed E-state index contributed by atoms with van der Waals surface area (Å²) >= 11 is 1.59. The van der Waals surface area contributed by atoms with E-state index in [9.17, 15) is 4.79 Å². The molecule has 0 bridgehead atoms. The molecule has 9 heavy (non-hydrogen) atoms. The molecule has 1 amide bonds. The van der Waals surface area contributed by atoms with Gasteiger partial charge in [-0.15, -0.1) is 11.8 Å². The topological polar surface area (TPSA) is 41.1 Å². The summed E-state index contributed by atoms with van der Waals surface area (Å²) in [6.07, 6.45) is 0. The van der Waals surface area contributed by atoms with Crippen LogP contribution >= 0.6 is 11.8 Å². The second kappa shape index (κ2) is 2.77. The van der Waals surface area contributed by atoms with Gasteiger partial charge >= 0.3 is 0 Å². The Morgan fingerprint density at radius 3 is 3.22 bits per heavy atom. The molecule has 0 spiro atoms. The van der Waals surface area contributed by atoms with Crippen molar-refractivity contribution in [3.63, 3.8) is 0 Å². The zero-order chi connectivity index (χ0) is 6.69. The van der Waals surface area contributed by atoms with E-state index < -0.39 is 0 Å². The minimum Gasteiger partial charge on any atom is -0.371 e. The molecular weight excluding hydrogens is 136 g/mol. The summed E-state index contributed by atoms with van der Waals surface area (Å²) in [5.41, 5.74) is 0.669. The van der Waals surface area contributed by atoms with E-state index in [1.807, 2.05) is 5.41 Å². The molecule has 0 radical (unpaired) electrons. The minimum atomic E-state index is -0.0417. The summed E-state index contributed by atoms with van der Waals surface area (Å²) in [6.45, 7) is 0. The number of rotatable bonds is 1. The highest BCUT2D eigenvalue weighted by Gasteiger charge is 2.09. The van der Waals surface area contributed by atoms with Crippen molar-refractivity contribution in [2.45, 2.75) is 0 Å². The molecule has 1 aliphatic heterocycles. The highest BCUT2D eigenvalue weighted by atomic mass is 32.2. The predicted molar refractivity (Wildman–Crippen MR) is 37.7 cm³/mol. The first-order valence-corrected chi connectivity index (χ1v) is 3.67. The molecule has 4 heteroatoms. The van der Waals surface area contributed by atoms with E-state index in [-0.39, 0.29) is 5.91 Å². The van der Waals surface area contributed by atoms with Crippen molar-refractivity contribution < 1.29 is 4.79 Å². The van der Waals surface area contributed by atoms with Gasteiger partial charge in [-0.1, -0.05) is 0 Å². The van der Waals surface area contributed by atoms with E-state index in [4.69, 9.17) is 0 Å². The lowest BCUT2D eigenvalue weighted by Gasteiger charge is -1.98. The number of nitrogens with one attached hydrogen (secondary N) is 2. The van der Waals surface area contributed by atoms with Crippen LogP contribution in [0.15, 0.2) is 11.1 Å². The van der Waals surface area contributed by atoms with Crippen LogP contribution < -0.4 is 10.6 Å². The number of carbonyl (C=O) groups excluding carboxylic acids is 1. The highest BCUT2D eigenvalue weighted by molar-refractivity contribution is 8.02. The largest absolute Gasteiger partial charge is 0.371 e. The van der Waals surface area contributed by atoms with E-state index in [2.05, 4.69) is 10.6 Å². The normalized spacial score (nSPS) is 16.3. The molecule has 1 heterocycles. The van der Waals surface area contributed by atoms with Crippen molar-refractivity contribution in [3.8, 4) is 0 Å². The Kier molecular flexibility index (Phi) is 2.00. The molecule has 1 aliphatic rings. The minimum absolute atomic E-state index is 0.0417. The van der Waals surface area contributed by atoms with Gasteiger partial charge in [0.25, 0.3) is 5.91 Å². The fourth-order valence-electron chi connectivity index (χ4n) is 0.555. The average Bonchev–Trinajstić information content (AvgIpc) is 2.37. The molecule has 0 aromatic carbocycles. The maximum atomic E-state index is 10.8. The Balaban J connectivity index is 2.51. The third-order valence-electron chi connectivity index (χ3n) is 1.02. The summed E-state index contributed by atoms with van der Waals surface area (Å²) in [4.78, 5) is 10.8. The van der Waals surface area contributed by atoms with Gasteiger partial charge < -0.3 is 10.6 Å². The molecule has 0 unspecified atom stereocenters. The number of thioether (sulfide) groups is 1. The maximum Gasteiger partial charge on any atom is 0.267 e. The van der Waals surface area contributed by atoms with Gasteiger partial charge in [0.05, 0.1) is 5.88 Å². The van der Waals surface area contributed by atoms with Crippen LogP contribution in [0.3, 0.4) is 0 Å².